The van der Waals surface area contributed by atoms with E-state index in [1.54, 1.807) is 0 Å². The van der Waals surface area contributed by atoms with Gasteiger partial charge in [-0.1, -0.05) is 13.3 Å². The monoisotopic (exact) mass is 279 g/mol. The van der Waals surface area contributed by atoms with Gasteiger partial charge in [-0.2, -0.15) is 0 Å². The van der Waals surface area contributed by atoms with Crippen molar-refractivity contribution in [3.05, 3.63) is 0 Å². The van der Waals surface area contributed by atoms with Crippen LogP contribution in [0.5, 0.6) is 0 Å². The Hall–Kier alpha value is -0.120. The third-order valence-corrected chi connectivity index (χ3v) is 5.84. The van der Waals surface area contributed by atoms with E-state index < -0.39 is 0 Å². The van der Waals surface area contributed by atoms with Crippen LogP contribution in [0.2, 0.25) is 0 Å². The van der Waals surface area contributed by atoms with Crippen molar-refractivity contribution in [3.8, 4) is 0 Å². The van der Waals surface area contributed by atoms with Crippen LogP contribution in [0, 0.1) is 5.92 Å². The molecule has 0 aromatic rings. The molecular formula is C17H33N3. The van der Waals surface area contributed by atoms with Crippen molar-refractivity contribution in [1.29, 1.82) is 0 Å². The minimum absolute atomic E-state index is 0.816. The fraction of sp³-hybridized carbons (Fsp3) is 1.00. The van der Waals surface area contributed by atoms with E-state index in [2.05, 4.69) is 28.7 Å². The average molecular weight is 279 g/mol. The normalized spacial score (nSPS) is 37.8. The molecule has 0 radical (unpaired) electrons. The molecule has 3 unspecified atom stereocenters. The van der Waals surface area contributed by atoms with E-state index >= 15 is 0 Å². The molecule has 3 nitrogen and oxygen atoms in total. The second kappa shape index (κ2) is 6.76. The topological polar surface area (TPSA) is 9.72 Å². The Bertz CT molecular complexity index is 307. The molecule has 0 N–H and O–H groups in total. The summed E-state index contributed by atoms with van der Waals surface area (Å²) in [5, 5.41) is 0. The lowest BCUT2D eigenvalue weighted by molar-refractivity contribution is -0.00533. The molecule has 0 saturated carbocycles. The molecule has 0 bridgehead atoms. The molecule has 0 aromatic heterocycles. The number of piperazine rings is 1. The Labute approximate surface area is 125 Å². The van der Waals surface area contributed by atoms with E-state index in [1.165, 1.54) is 77.8 Å². The minimum atomic E-state index is 0.816. The third kappa shape index (κ3) is 3.37. The highest BCUT2D eigenvalue weighted by Gasteiger charge is 2.35. The molecule has 0 spiro atoms. The van der Waals surface area contributed by atoms with Crippen LogP contribution in [-0.4, -0.2) is 73.1 Å². The summed E-state index contributed by atoms with van der Waals surface area (Å²) in [5.41, 5.74) is 0. The lowest BCUT2D eigenvalue weighted by Gasteiger charge is -2.49. The van der Waals surface area contributed by atoms with Crippen molar-refractivity contribution in [2.45, 2.75) is 57.5 Å². The predicted octanol–water partition coefficient (Wildman–Crippen LogP) is 2.28. The van der Waals surface area contributed by atoms with Crippen molar-refractivity contribution in [2.75, 3.05) is 46.3 Å². The van der Waals surface area contributed by atoms with Gasteiger partial charge in [0, 0.05) is 38.3 Å². The maximum absolute atomic E-state index is 2.86. The third-order valence-electron chi connectivity index (χ3n) is 5.84. The van der Waals surface area contributed by atoms with E-state index in [9.17, 15) is 0 Å². The number of nitrogens with zero attached hydrogens (tertiary/aromatic N) is 3. The van der Waals surface area contributed by atoms with Crippen LogP contribution in [-0.2, 0) is 0 Å². The predicted molar refractivity (Wildman–Crippen MR) is 85.1 cm³/mol. The quantitative estimate of drug-likeness (QED) is 0.785. The zero-order valence-corrected chi connectivity index (χ0v) is 13.6. The Balaban J connectivity index is 1.58. The van der Waals surface area contributed by atoms with Crippen LogP contribution in [0.3, 0.4) is 0 Å². The molecule has 3 atom stereocenters. The zero-order chi connectivity index (χ0) is 13.9. The average Bonchev–Trinajstić information content (AvgIpc) is 2.46. The van der Waals surface area contributed by atoms with Crippen molar-refractivity contribution in [1.82, 2.24) is 14.7 Å². The van der Waals surface area contributed by atoms with Gasteiger partial charge in [0.15, 0.2) is 0 Å². The summed E-state index contributed by atoms with van der Waals surface area (Å²) >= 11 is 0. The molecule has 116 valence electrons. The van der Waals surface area contributed by atoms with Gasteiger partial charge in [-0.05, 0) is 58.2 Å². The first kappa shape index (κ1) is 14.8. The van der Waals surface area contributed by atoms with Crippen LogP contribution in [0.15, 0.2) is 0 Å². The number of likely N-dealkylation sites (tertiary alicyclic amines) is 1. The Morgan fingerprint density at radius 3 is 2.65 bits per heavy atom. The van der Waals surface area contributed by atoms with Gasteiger partial charge < -0.3 is 4.90 Å². The maximum Gasteiger partial charge on any atom is 0.0223 e. The fourth-order valence-electron chi connectivity index (χ4n) is 4.68. The zero-order valence-electron chi connectivity index (χ0n) is 13.6. The van der Waals surface area contributed by atoms with E-state index in [1.807, 2.05) is 0 Å². The maximum atomic E-state index is 2.86. The van der Waals surface area contributed by atoms with Gasteiger partial charge in [0.25, 0.3) is 0 Å². The summed E-state index contributed by atoms with van der Waals surface area (Å²) in [5.74, 6) is 0.915. The SMILES string of the molecule is CCC1CN2CCCCC2CN1CC1CCCN(C)C1. The van der Waals surface area contributed by atoms with Crippen LogP contribution in [0.25, 0.3) is 0 Å². The molecule has 3 fully saturated rings. The van der Waals surface area contributed by atoms with Gasteiger partial charge in [-0.3, -0.25) is 9.80 Å². The highest BCUT2D eigenvalue weighted by atomic mass is 15.3. The van der Waals surface area contributed by atoms with Crippen LogP contribution < -0.4 is 0 Å². The van der Waals surface area contributed by atoms with Gasteiger partial charge in [0.1, 0.15) is 0 Å². The van der Waals surface area contributed by atoms with E-state index in [0.29, 0.717) is 0 Å². The fourth-order valence-corrected chi connectivity index (χ4v) is 4.68. The highest BCUT2D eigenvalue weighted by Crippen LogP contribution is 2.27. The van der Waals surface area contributed by atoms with Crippen molar-refractivity contribution in [2.24, 2.45) is 5.92 Å². The smallest absolute Gasteiger partial charge is 0.0223 e. The summed E-state index contributed by atoms with van der Waals surface area (Å²) in [7, 11) is 2.29. The summed E-state index contributed by atoms with van der Waals surface area (Å²) in [6, 6.07) is 1.68. The first-order chi connectivity index (χ1) is 9.76. The second-order valence-corrected chi connectivity index (χ2v) is 7.43. The number of hydrogen-bond donors (Lipinski definition) is 0. The van der Waals surface area contributed by atoms with Gasteiger partial charge in [-0.15, -0.1) is 0 Å². The van der Waals surface area contributed by atoms with Crippen molar-refractivity contribution < 1.29 is 0 Å². The van der Waals surface area contributed by atoms with E-state index in [0.717, 1.165) is 18.0 Å². The summed E-state index contributed by atoms with van der Waals surface area (Å²) in [4.78, 5) is 8.18. The molecule has 3 rings (SSSR count). The first-order valence-corrected chi connectivity index (χ1v) is 8.93. The van der Waals surface area contributed by atoms with Crippen LogP contribution in [0.1, 0.15) is 45.4 Å². The van der Waals surface area contributed by atoms with Crippen molar-refractivity contribution in [3.63, 3.8) is 0 Å². The van der Waals surface area contributed by atoms with Crippen molar-refractivity contribution >= 4 is 0 Å². The van der Waals surface area contributed by atoms with E-state index in [4.69, 9.17) is 0 Å². The van der Waals surface area contributed by atoms with Gasteiger partial charge >= 0.3 is 0 Å². The minimum Gasteiger partial charge on any atom is -0.306 e. The molecule has 3 heteroatoms. The highest BCUT2D eigenvalue weighted by molar-refractivity contribution is 4.91. The lowest BCUT2D eigenvalue weighted by Crippen LogP contribution is -2.60. The molecule has 0 aromatic carbocycles. The van der Waals surface area contributed by atoms with E-state index in [-0.39, 0.29) is 0 Å². The molecule has 3 aliphatic rings. The number of rotatable bonds is 3. The number of hydrogen-bond acceptors (Lipinski definition) is 3. The molecule has 3 aliphatic heterocycles. The number of piperidine rings is 2. The summed E-state index contributed by atoms with van der Waals surface area (Å²) in [6.45, 7) is 10.4. The largest absolute Gasteiger partial charge is 0.306 e. The summed E-state index contributed by atoms with van der Waals surface area (Å²) in [6.07, 6.45) is 8.51. The van der Waals surface area contributed by atoms with Crippen LogP contribution in [0.4, 0.5) is 0 Å². The number of fused-ring (bicyclic) bond motifs is 1. The molecule has 20 heavy (non-hydrogen) atoms. The Morgan fingerprint density at radius 2 is 1.85 bits per heavy atom. The molecule has 3 saturated heterocycles. The molecule has 0 amide bonds. The molecule has 0 aliphatic carbocycles. The second-order valence-electron chi connectivity index (χ2n) is 7.43. The standard InChI is InChI=1S/C17H33N3/c1-3-16-13-19-10-5-4-8-17(19)14-20(16)12-15-7-6-9-18(2)11-15/h15-17H,3-14H2,1-2H3. The van der Waals surface area contributed by atoms with Gasteiger partial charge in [0.2, 0.25) is 0 Å². The Morgan fingerprint density at radius 1 is 0.950 bits per heavy atom. The summed E-state index contributed by atoms with van der Waals surface area (Å²) < 4.78 is 0. The molecule has 3 heterocycles. The van der Waals surface area contributed by atoms with Gasteiger partial charge in [0.05, 0.1) is 0 Å². The Kier molecular flexibility index (Phi) is 5.00. The van der Waals surface area contributed by atoms with Crippen LogP contribution >= 0.6 is 0 Å². The molecular weight excluding hydrogens is 246 g/mol. The lowest BCUT2D eigenvalue weighted by atomic mass is 9.92. The first-order valence-electron chi connectivity index (χ1n) is 8.93. The van der Waals surface area contributed by atoms with Gasteiger partial charge in [-0.25, -0.2) is 0 Å².